The molecule has 3 saturated heterocycles. The van der Waals surface area contributed by atoms with Gasteiger partial charge in [0.1, 0.15) is 18.1 Å². The van der Waals surface area contributed by atoms with E-state index in [1.165, 1.54) is 19.3 Å². The first kappa shape index (κ1) is 39.1. The standard InChI is InChI=1S/C36H63N3O9/c1-20-17-35(6,44-11)32(47-34-31(42)28(38(8)9)15-26(46-34)19-39(10)25-13-12-14-25)21(2)30(41)22(3)33(43)45-24(5)36(7)27(16-29(40)48-36)23(4)37-18-20/h20-28,31-32,34,37,42H,12-19H2,1-11H3/t20-,21+,22?,23-,24-,26?,27-,28?,31?,32-,34?,35-,36-/m1/s1. The number of aliphatic hydroxyl groups excluding tert-OH is 1. The minimum atomic E-state index is -1.12. The molecule has 276 valence electrons. The number of ketones is 1. The summed E-state index contributed by atoms with van der Waals surface area (Å²) in [5.74, 6) is -3.52. The lowest BCUT2D eigenvalue weighted by Crippen LogP contribution is -2.60. The number of rotatable bonds is 7. The zero-order valence-corrected chi connectivity index (χ0v) is 31.2. The van der Waals surface area contributed by atoms with Crippen LogP contribution in [0.25, 0.3) is 0 Å². The summed E-state index contributed by atoms with van der Waals surface area (Å²) < 4.78 is 31.2. The number of hydrogen-bond acceptors (Lipinski definition) is 12. The average molecular weight is 682 g/mol. The number of Topliss-reactive ketones (excluding diaryl/α,β-unsaturated/α-hetero) is 1. The van der Waals surface area contributed by atoms with Crippen molar-refractivity contribution in [2.24, 2.45) is 23.7 Å². The van der Waals surface area contributed by atoms with E-state index in [4.69, 9.17) is 23.7 Å². The zero-order chi connectivity index (χ0) is 35.7. The van der Waals surface area contributed by atoms with E-state index in [1.54, 1.807) is 34.8 Å². The van der Waals surface area contributed by atoms with Gasteiger partial charge in [-0.15, -0.1) is 0 Å². The lowest BCUT2D eigenvalue weighted by molar-refractivity contribution is -0.299. The Hall–Kier alpha value is -1.67. The van der Waals surface area contributed by atoms with Crippen molar-refractivity contribution < 1.29 is 43.2 Å². The van der Waals surface area contributed by atoms with Gasteiger partial charge in [0.15, 0.2) is 17.7 Å². The van der Waals surface area contributed by atoms with E-state index in [2.05, 4.69) is 24.2 Å². The van der Waals surface area contributed by atoms with Crippen molar-refractivity contribution in [3.8, 4) is 0 Å². The lowest BCUT2D eigenvalue weighted by Gasteiger charge is -2.48. The number of carbonyl (C=O) groups is 3. The maximum Gasteiger partial charge on any atom is 0.316 e. The third-order valence-corrected chi connectivity index (χ3v) is 12.1. The van der Waals surface area contributed by atoms with Gasteiger partial charge >= 0.3 is 11.9 Å². The summed E-state index contributed by atoms with van der Waals surface area (Å²) in [5.41, 5.74) is -2.05. The van der Waals surface area contributed by atoms with Gasteiger partial charge in [0, 0.05) is 43.6 Å². The minimum Gasteiger partial charge on any atom is -0.458 e. The van der Waals surface area contributed by atoms with Crippen LogP contribution in [0.2, 0.25) is 0 Å². The molecular formula is C36H63N3O9. The first-order chi connectivity index (χ1) is 22.4. The maximum atomic E-state index is 14.2. The van der Waals surface area contributed by atoms with Crippen molar-refractivity contribution in [1.82, 2.24) is 15.1 Å². The van der Waals surface area contributed by atoms with Crippen LogP contribution in [0.3, 0.4) is 0 Å². The number of ether oxygens (including phenoxy) is 5. The molecule has 4 aliphatic rings. The van der Waals surface area contributed by atoms with Gasteiger partial charge in [-0.05, 0) is 93.9 Å². The molecule has 1 aliphatic carbocycles. The zero-order valence-electron chi connectivity index (χ0n) is 31.2. The molecule has 48 heavy (non-hydrogen) atoms. The van der Waals surface area contributed by atoms with Crippen LogP contribution in [0.5, 0.6) is 0 Å². The lowest BCUT2D eigenvalue weighted by atomic mass is 9.78. The molecular weight excluding hydrogens is 618 g/mol. The number of likely N-dealkylation sites (N-methyl/N-ethyl adjacent to an activating group) is 2. The second-order valence-electron chi connectivity index (χ2n) is 15.9. The van der Waals surface area contributed by atoms with E-state index in [-0.39, 0.29) is 48.2 Å². The van der Waals surface area contributed by atoms with Gasteiger partial charge in [-0.25, -0.2) is 0 Å². The Labute approximate surface area is 287 Å². The minimum absolute atomic E-state index is 0.0588. The van der Waals surface area contributed by atoms with Gasteiger partial charge in [-0.2, -0.15) is 0 Å². The molecule has 1 saturated carbocycles. The molecule has 13 atom stereocenters. The quantitative estimate of drug-likeness (QED) is 0.302. The average Bonchev–Trinajstić information content (AvgIpc) is 3.31. The summed E-state index contributed by atoms with van der Waals surface area (Å²) in [6.07, 6.45) is 1.11. The van der Waals surface area contributed by atoms with Gasteiger partial charge < -0.3 is 43.9 Å². The highest BCUT2D eigenvalue weighted by Crippen LogP contribution is 2.41. The number of cyclic esters (lactones) is 1. The second-order valence-corrected chi connectivity index (χ2v) is 15.9. The summed E-state index contributed by atoms with van der Waals surface area (Å²) in [4.78, 5) is 44.6. The van der Waals surface area contributed by atoms with Gasteiger partial charge in [-0.3, -0.25) is 14.4 Å². The molecule has 0 spiro atoms. The van der Waals surface area contributed by atoms with Crippen molar-refractivity contribution >= 4 is 17.7 Å². The molecule has 0 bridgehead atoms. The molecule has 4 rings (SSSR count). The Morgan fingerprint density at radius 2 is 1.71 bits per heavy atom. The summed E-state index contributed by atoms with van der Waals surface area (Å²) in [5, 5.41) is 15.2. The molecule has 3 heterocycles. The van der Waals surface area contributed by atoms with Crippen LogP contribution in [0, 0.1) is 23.7 Å². The summed E-state index contributed by atoms with van der Waals surface area (Å²) in [6, 6.07) is 0.185. The molecule has 12 nitrogen and oxygen atoms in total. The largest absolute Gasteiger partial charge is 0.458 e. The third-order valence-electron chi connectivity index (χ3n) is 12.1. The molecule has 0 amide bonds. The van der Waals surface area contributed by atoms with Crippen LogP contribution in [-0.4, -0.2) is 134 Å². The smallest absolute Gasteiger partial charge is 0.316 e. The Morgan fingerprint density at radius 3 is 2.29 bits per heavy atom. The molecule has 5 unspecified atom stereocenters. The Morgan fingerprint density at radius 1 is 1.04 bits per heavy atom. The predicted octanol–water partition coefficient (Wildman–Crippen LogP) is 2.78. The maximum absolute atomic E-state index is 14.2. The number of carbonyl (C=O) groups excluding carboxylic acids is 3. The normalized spacial score (nSPS) is 44.0. The van der Waals surface area contributed by atoms with Crippen molar-refractivity contribution in [2.45, 2.75) is 147 Å². The number of aliphatic hydroxyl groups is 1. The monoisotopic (exact) mass is 681 g/mol. The topological polar surface area (TPSA) is 136 Å². The predicted molar refractivity (Wildman–Crippen MR) is 180 cm³/mol. The molecule has 0 aromatic rings. The summed E-state index contributed by atoms with van der Waals surface area (Å²) >= 11 is 0. The van der Waals surface area contributed by atoms with Crippen molar-refractivity contribution in [2.75, 3.05) is 41.3 Å². The number of nitrogens with one attached hydrogen (secondary N) is 1. The van der Waals surface area contributed by atoms with Crippen molar-refractivity contribution in [3.05, 3.63) is 0 Å². The second kappa shape index (κ2) is 15.7. The Bertz CT molecular complexity index is 1140. The molecule has 0 radical (unpaired) electrons. The molecule has 4 fully saturated rings. The number of methoxy groups -OCH3 is 1. The number of esters is 2. The van der Waals surface area contributed by atoms with Crippen molar-refractivity contribution in [3.63, 3.8) is 0 Å². The fourth-order valence-corrected chi connectivity index (χ4v) is 8.36. The van der Waals surface area contributed by atoms with Crippen LogP contribution in [0.15, 0.2) is 0 Å². The van der Waals surface area contributed by atoms with Crippen LogP contribution in [-0.2, 0) is 38.1 Å². The summed E-state index contributed by atoms with van der Waals surface area (Å²) in [6.45, 7) is 14.2. The third kappa shape index (κ3) is 8.27. The van der Waals surface area contributed by atoms with Crippen LogP contribution in [0.1, 0.15) is 87.0 Å². The number of fused-ring (bicyclic) bond motifs is 1. The first-order valence-corrected chi connectivity index (χ1v) is 18.0. The molecule has 2 N–H and O–H groups in total. The SMILES string of the molecule is CO[C@]1(C)C[C@@H](C)CN[C@H](C)[C@H]2CC(=O)O[C@]2(C)[C@@H](C)OC(=O)C(C)C(=O)[C@H](C)[C@H]1OC1OC(CN(C)C2CCC2)CC(N(C)C)C1O. The van der Waals surface area contributed by atoms with E-state index in [0.717, 1.165) is 0 Å². The highest BCUT2D eigenvalue weighted by Gasteiger charge is 2.54. The fourth-order valence-electron chi connectivity index (χ4n) is 8.36. The van der Waals surface area contributed by atoms with Gasteiger partial charge in [-0.1, -0.05) is 20.3 Å². The van der Waals surface area contributed by atoms with Crippen LogP contribution < -0.4 is 5.32 Å². The molecule has 0 aromatic heterocycles. The fraction of sp³-hybridized carbons (Fsp3) is 0.917. The van der Waals surface area contributed by atoms with Gasteiger partial charge in [0.05, 0.1) is 24.2 Å². The van der Waals surface area contributed by atoms with E-state index in [0.29, 0.717) is 32.0 Å². The van der Waals surface area contributed by atoms with Gasteiger partial charge in [0.25, 0.3) is 0 Å². The highest BCUT2D eigenvalue weighted by atomic mass is 16.7. The van der Waals surface area contributed by atoms with E-state index < -0.39 is 53.6 Å². The Kier molecular flexibility index (Phi) is 12.8. The van der Waals surface area contributed by atoms with E-state index in [1.807, 2.05) is 32.8 Å². The summed E-state index contributed by atoms with van der Waals surface area (Å²) in [7, 11) is 7.61. The van der Waals surface area contributed by atoms with E-state index in [9.17, 15) is 19.5 Å². The number of hydrogen-bond donors (Lipinski definition) is 2. The molecule has 12 heteroatoms. The Balaban J connectivity index is 1.65. The molecule has 0 aromatic carbocycles. The van der Waals surface area contributed by atoms with Crippen LogP contribution in [0.4, 0.5) is 0 Å². The van der Waals surface area contributed by atoms with Crippen molar-refractivity contribution in [1.29, 1.82) is 0 Å². The van der Waals surface area contributed by atoms with E-state index >= 15 is 0 Å². The first-order valence-electron chi connectivity index (χ1n) is 18.0. The van der Waals surface area contributed by atoms with Gasteiger partial charge in [0.2, 0.25) is 0 Å². The highest BCUT2D eigenvalue weighted by molar-refractivity contribution is 6.00. The number of nitrogens with zero attached hydrogens (tertiary/aromatic N) is 2. The van der Waals surface area contributed by atoms with Crippen LogP contribution >= 0.6 is 0 Å². The molecule has 3 aliphatic heterocycles.